The number of H-pyrrole nitrogens is 1. The topological polar surface area (TPSA) is 136 Å². The number of carbonyl (C=O) groups is 2. The maximum atomic E-state index is 11.5. The first-order valence-corrected chi connectivity index (χ1v) is 7.51. The van der Waals surface area contributed by atoms with E-state index in [0.717, 1.165) is 25.9 Å². The molecule has 1 aliphatic heterocycles. The van der Waals surface area contributed by atoms with Gasteiger partial charge in [-0.1, -0.05) is 0 Å². The average Bonchev–Trinajstić information content (AvgIpc) is 3.02. The van der Waals surface area contributed by atoms with Gasteiger partial charge >= 0.3 is 19.7 Å². The Labute approximate surface area is 141 Å². The fourth-order valence-electron chi connectivity index (χ4n) is 1.77. The zero-order valence-electron chi connectivity index (χ0n) is 14.2. The molecule has 1 aromatic heterocycles. The van der Waals surface area contributed by atoms with Gasteiger partial charge in [-0.2, -0.15) is 5.10 Å². The van der Waals surface area contributed by atoms with Crippen LogP contribution in [0.2, 0.25) is 0 Å². The van der Waals surface area contributed by atoms with Crippen LogP contribution >= 0.6 is 0 Å². The van der Waals surface area contributed by atoms with E-state index in [1.807, 2.05) is 20.8 Å². The van der Waals surface area contributed by atoms with Crippen molar-refractivity contribution in [2.75, 3.05) is 13.1 Å². The van der Waals surface area contributed by atoms with E-state index in [9.17, 15) is 9.59 Å². The summed E-state index contributed by atoms with van der Waals surface area (Å²) < 4.78 is 5.26. The lowest BCUT2D eigenvalue weighted by Gasteiger charge is -2.29. The number of amides is 1. The molecule has 2 rings (SSSR count). The number of nitrogens with one attached hydrogen (secondary N) is 1. The largest absolute Gasteiger partial charge is 0.482 e. The van der Waals surface area contributed by atoms with Crippen LogP contribution in [0, 0.1) is 0 Å². The summed E-state index contributed by atoms with van der Waals surface area (Å²) in [5.74, 6) is -0.959. The third-order valence-corrected chi connectivity index (χ3v) is 2.75. The van der Waals surface area contributed by atoms with Crippen LogP contribution in [0.15, 0.2) is 12.4 Å². The second-order valence-electron chi connectivity index (χ2n) is 5.94. The molecule has 0 aromatic carbocycles. The summed E-state index contributed by atoms with van der Waals surface area (Å²) in [6.45, 7) is 7.41. The molecule has 0 unspecified atom stereocenters. The predicted octanol–water partition coefficient (Wildman–Crippen LogP) is 1.02. The molecule has 1 fully saturated rings. The second-order valence-corrected chi connectivity index (χ2v) is 5.94. The number of aromatic nitrogens is 2. The molecular weight excluding hydrogens is 317 g/mol. The van der Waals surface area contributed by atoms with Gasteiger partial charge in [0.25, 0.3) is 0 Å². The molecule has 1 aromatic rings. The second kappa shape index (κ2) is 11.5. The van der Waals surface area contributed by atoms with Gasteiger partial charge in [-0.3, -0.25) is 5.10 Å². The van der Waals surface area contributed by atoms with Gasteiger partial charge in [0.2, 0.25) is 0 Å². The molecule has 0 atom stereocenters. The number of piperidine rings is 1. The van der Waals surface area contributed by atoms with Crippen molar-refractivity contribution in [3.05, 3.63) is 18.0 Å². The standard InChI is InChI=1S/C10H19NO2.C4H4N2O2.BH2O2/c1-10(2,3)13-9(12)11-7-5-4-6-8-11;7-4(8)3-1-5-6-2-3;2-1-3/h4-8H2,1-3H3;1-2H,(H,5,6)(H,7,8);2-3H. The number of likely N-dealkylation sites (tertiary alicyclic amines) is 1. The van der Waals surface area contributed by atoms with Crippen molar-refractivity contribution in [2.24, 2.45) is 0 Å². The number of aromatic amines is 1. The van der Waals surface area contributed by atoms with Crippen molar-refractivity contribution < 1.29 is 29.5 Å². The number of nitrogens with zero attached hydrogens (tertiary/aromatic N) is 2. The number of carboxylic acid groups (broad SMARTS) is 1. The molecule has 1 radical (unpaired) electrons. The van der Waals surface area contributed by atoms with Gasteiger partial charge in [0.15, 0.2) is 0 Å². The number of hydrogen-bond acceptors (Lipinski definition) is 6. The van der Waals surface area contributed by atoms with E-state index in [-0.39, 0.29) is 24.9 Å². The van der Waals surface area contributed by atoms with Crippen molar-refractivity contribution in [2.45, 2.75) is 45.6 Å². The van der Waals surface area contributed by atoms with Crippen LogP contribution in [0.4, 0.5) is 4.79 Å². The van der Waals surface area contributed by atoms with Gasteiger partial charge in [0.1, 0.15) is 5.60 Å². The first kappa shape index (κ1) is 21.9. The average molecular weight is 342 g/mol. The lowest BCUT2D eigenvalue weighted by molar-refractivity contribution is 0.0215. The SMILES string of the molecule is CC(C)(C)OC(=O)N1CCCCC1.O=C(O)c1cn[nH]c1.O[B]O. The molecule has 24 heavy (non-hydrogen) atoms. The third-order valence-electron chi connectivity index (χ3n) is 2.75. The fraction of sp³-hybridized carbons (Fsp3) is 0.643. The van der Waals surface area contributed by atoms with Crippen LogP contribution in [0.5, 0.6) is 0 Å². The molecule has 9 nitrogen and oxygen atoms in total. The van der Waals surface area contributed by atoms with E-state index in [1.54, 1.807) is 4.90 Å². The van der Waals surface area contributed by atoms with Crippen molar-refractivity contribution in [1.82, 2.24) is 15.1 Å². The van der Waals surface area contributed by atoms with Gasteiger partial charge in [0, 0.05) is 19.3 Å². The van der Waals surface area contributed by atoms with Gasteiger partial charge in [0.05, 0.1) is 11.8 Å². The number of rotatable bonds is 1. The van der Waals surface area contributed by atoms with Crippen molar-refractivity contribution in [3.8, 4) is 0 Å². The summed E-state index contributed by atoms with van der Waals surface area (Å²) in [5.41, 5.74) is -0.181. The molecule has 1 amide bonds. The normalized spacial score (nSPS) is 13.6. The lowest BCUT2D eigenvalue weighted by Crippen LogP contribution is -2.39. The molecule has 0 spiro atoms. The van der Waals surface area contributed by atoms with Crippen molar-refractivity contribution in [3.63, 3.8) is 0 Å². The Morgan fingerprint density at radius 2 is 1.79 bits per heavy atom. The summed E-state index contributed by atoms with van der Waals surface area (Å²) >= 11 is 0. The number of carboxylic acids is 1. The smallest absolute Gasteiger partial charge is 0.478 e. The Bertz CT molecular complexity index is 469. The van der Waals surface area contributed by atoms with Crippen molar-refractivity contribution in [1.29, 1.82) is 0 Å². The quantitative estimate of drug-likeness (QED) is 0.559. The van der Waals surface area contributed by atoms with Gasteiger partial charge in [-0.15, -0.1) is 0 Å². The van der Waals surface area contributed by atoms with E-state index in [2.05, 4.69) is 10.2 Å². The molecule has 1 saturated heterocycles. The highest BCUT2D eigenvalue weighted by atomic mass is 16.6. The summed E-state index contributed by atoms with van der Waals surface area (Å²) in [6.07, 6.45) is 5.87. The van der Waals surface area contributed by atoms with Crippen LogP contribution in [0.3, 0.4) is 0 Å². The van der Waals surface area contributed by atoms with Crippen molar-refractivity contribution >= 4 is 19.7 Å². The molecule has 0 bridgehead atoms. The lowest BCUT2D eigenvalue weighted by atomic mass is 10.1. The van der Waals surface area contributed by atoms with Gasteiger partial charge in [-0.05, 0) is 40.0 Å². The first-order valence-electron chi connectivity index (χ1n) is 7.51. The minimum Gasteiger partial charge on any atom is -0.478 e. The molecule has 0 aliphatic carbocycles. The molecular formula is C14H25BN3O6. The Hall–Kier alpha value is -2.07. The Morgan fingerprint density at radius 1 is 1.25 bits per heavy atom. The van der Waals surface area contributed by atoms with E-state index in [0.29, 0.717) is 0 Å². The predicted molar refractivity (Wildman–Crippen MR) is 87.4 cm³/mol. The van der Waals surface area contributed by atoms with Crippen LogP contribution in [-0.4, -0.2) is 68.7 Å². The third kappa shape index (κ3) is 10.6. The van der Waals surface area contributed by atoms with E-state index < -0.39 is 5.97 Å². The number of aromatic carboxylic acids is 1. The Kier molecular flexibility index (Phi) is 10.5. The van der Waals surface area contributed by atoms with Crippen LogP contribution in [0.25, 0.3) is 0 Å². The molecule has 1 aliphatic rings. The zero-order chi connectivity index (χ0) is 18.6. The maximum Gasteiger partial charge on any atom is 0.482 e. The highest BCUT2D eigenvalue weighted by molar-refractivity contribution is 6.13. The van der Waals surface area contributed by atoms with E-state index >= 15 is 0 Å². The number of ether oxygens (including phenoxy) is 1. The molecule has 135 valence electrons. The van der Waals surface area contributed by atoms with Gasteiger partial charge in [-0.25, -0.2) is 9.59 Å². The first-order chi connectivity index (χ1) is 11.2. The Balaban J connectivity index is 0.000000409. The van der Waals surface area contributed by atoms with Gasteiger partial charge < -0.3 is 24.8 Å². The maximum absolute atomic E-state index is 11.5. The summed E-state index contributed by atoms with van der Waals surface area (Å²) in [7, 11) is 0. The fourth-order valence-corrected chi connectivity index (χ4v) is 1.77. The number of carbonyl (C=O) groups excluding carboxylic acids is 1. The summed E-state index contributed by atoms with van der Waals surface area (Å²) in [6, 6.07) is 0. The molecule has 2 heterocycles. The van der Waals surface area contributed by atoms with Crippen LogP contribution < -0.4 is 0 Å². The zero-order valence-corrected chi connectivity index (χ0v) is 14.2. The highest BCUT2D eigenvalue weighted by Gasteiger charge is 2.22. The Morgan fingerprint density at radius 3 is 2.12 bits per heavy atom. The van der Waals surface area contributed by atoms with E-state index in [1.165, 1.54) is 18.8 Å². The minimum atomic E-state index is -0.959. The van der Waals surface area contributed by atoms with E-state index in [4.69, 9.17) is 19.9 Å². The number of hydrogen-bond donors (Lipinski definition) is 4. The molecule has 0 saturated carbocycles. The summed E-state index contributed by atoms with van der Waals surface area (Å²) in [4.78, 5) is 23.3. The molecule has 10 heteroatoms. The van der Waals surface area contributed by atoms with Crippen LogP contribution in [0.1, 0.15) is 50.4 Å². The van der Waals surface area contributed by atoms with Crippen LogP contribution in [-0.2, 0) is 4.74 Å². The monoisotopic (exact) mass is 342 g/mol. The molecule has 4 N–H and O–H groups in total. The minimum absolute atomic E-state index is 0. The highest BCUT2D eigenvalue weighted by Crippen LogP contribution is 2.14. The summed E-state index contributed by atoms with van der Waals surface area (Å²) in [5, 5.41) is 28.0.